The molecule has 1 aromatic heterocycles. The Balaban J connectivity index is 1.74. The van der Waals surface area contributed by atoms with Crippen molar-refractivity contribution >= 4 is 22.3 Å². The molecule has 1 atom stereocenters. The zero-order valence-corrected chi connectivity index (χ0v) is 14.8. The zero-order chi connectivity index (χ0) is 17.1. The van der Waals surface area contributed by atoms with Crippen molar-refractivity contribution in [2.75, 3.05) is 49.1 Å². The van der Waals surface area contributed by atoms with Gasteiger partial charge in [-0.2, -0.15) is 0 Å². The molecule has 2 aromatic rings. The standard InChI is InChI=1S/C20H28N4O/c25-15-8-16-4-1-2-12-24(16)20-18-5-3-6-19(17(18)7-9-22-20)23-13-10-21-11-14-23/h3,5-7,9,16,21,25H,1-2,4,8,10-15H2. The molecule has 4 rings (SSSR count). The lowest BCUT2D eigenvalue weighted by atomic mass is 9.98. The van der Waals surface area contributed by atoms with Crippen LogP contribution in [0, 0.1) is 0 Å². The molecule has 1 aromatic carbocycles. The van der Waals surface area contributed by atoms with E-state index in [9.17, 15) is 5.11 Å². The van der Waals surface area contributed by atoms with Gasteiger partial charge in [-0.1, -0.05) is 12.1 Å². The Morgan fingerprint density at radius 1 is 1.08 bits per heavy atom. The van der Waals surface area contributed by atoms with E-state index in [1.165, 1.54) is 29.3 Å². The van der Waals surface area contributed by atoms with Gasteiger partial charge in [-0.25, -0.2) is 4.98 Å². The van der Waals surface area contributed by atoms with E-state index >= 15 is 0 Å². The van der Waals surface area contributed by atoms with Crippen LogP contribution in [0.15, 0.2) is 30.5 Å². The third kappa shape index (κ3) is 3.31. The van der Waals surface area contributed by atoms with Crippen LogP contribution in [-0.2, 0) is 0 Å². The van der Waals surface area contributed by atoms with Crippen LogP contribution in [0.2, 0.25) is 0 Å². The van der Waals surface area contributed by atoms with Gasteiger partial charge in [0.05, 0.1) is 0 Å². The normalized spacial score (nSPS) is 21.7. The minimum Gasteiger partial charge on any atom is -0.396 e. The minimum atomic E-state index is 0.248. The molecule has 2 saturated heterocycles. The van der Waals surface area contributed by atoms with Crippen LogP contribution in [0.5, 0.6) is 0 Å². The van der Waals surface area contributed by atoms with Crippen LogP contribution in [0.4, 0.5) is 11.5 Å². The summed E-state index contributed by atoms with van der Waals surface area (Å²) in [6, 6.07) is 9.16. The predicted octanol–water partition coefficient (Wildman–Crippen LogP) is 2.39. The van der Waals surface area contributed by atoms with Crippen molar-refractivity contribution in [1.29, 1.82) is 0 Å². The highest BCUT2D eigenvalue weighted by atomic mass is 16.3. The van der Waals surface area contributed by atoms with Crippen molar-refractivity contribution in [2.45, 2.75) is 31.7 Å². The fourth-order valence-electron chi connectivity index (χ4n) is 4.31. The number of aliphatic hydroxyl groups is 1. The second-order valence-corrected chi connectivity index (χ2v) is 7.10. The number of hydrogen-bond donors (Lipinski definition) is 2. The lowest BCUT2D eigenvalue weighted by molar-refractivity contribution is 0.262. The average molecular weight is 340 g/mol. The van der Waals surface area contributed by atoms with Gasteiger partial charge in [-0.05, 0) is 37.8 Å². The summed E-state index contributed by atoms with van der Waals surface area (Å²) in [5, 5.41) is 15.4. The molecule has 5 nitrogen and oxygen atoms in total. The first kappa shape index (κ1) is 16.6. The minimum absolute atomic E-state index is 0.248. The molecular formula is C20H28N4O. The summed E-state index contributed by atoms with van der Waals surface area (Å²) in [5.41, 5.74) is 1.32. The number of nitrogens with one attached hydrogen (secondary N) is 1. The third-order valence-corrected chi connectivity index (χ3v) is 5.58. The van der Waals surface area contributed by atoms with E-state index in [4.69, 9.17) is 4.98 Å². The van der Waals surface area contributed by atoms with Crippen LogP contribution >= 0.6 is 0 Å². The van der Waals surface area contributed by atoms with Crippen LogP contribution in [0.3, 0.4) is 0 Å². The van der Waals surface area contributed by atoms with Crippen LogP contribution in [0.1, 0.15) is 25.7 Å². The fraction of sp³-hybridized carbons (Fsp3) is 0.550. The molecular weight excluding hydrogens is 312 g/mol. The summed E-state index contributed by atoms with van der Waals surface area (Å²) >= 11 is 0. The van der Waals surface area contributed by atoms with Gasteiger partial charge in [0, 0.05) is 68.0 Å². The molecule has 2 aliphatic heterocycles. The van der Waals surface area contributed by atoms with E-state index in [-0.39, 0.29) is 6.61 Å². The summed E-state index contributed by atoms with van der Waals surface area (Å²) in [4.78, 5) is 9.67. The summed E-state index contributed by atoms with van der Waals surface area (Å²) in [6.45, 7) is 5.46. The van der Waals surface area contributed by atoms with Crippen LogP contribution < -0.4 is 15.1 Å². The number of nitrogens with zero attached hydrogens (tertiary/aromatic N) is 3. The van der Waals surface area contributed by atoms with Crippen molar-refractivity contribution < 1.29 is 5.11 Å². The van der Waals surface area contributed by atoms with Crippen LogP contribution in [-0.4, -0.2) is 55.5 Å². The molecule has 2 N–H and O–H groups in total. The Morgan fingerprint density at radius 2 is 1.96 bits per heavy atom. The topological polar surface area (TPSA) is 51.6 Å². The fourth-order valence-corrected chi connectivity index (χ4v) is 4.31. The maximum atomic E-state index is 9.45. The molecule has 2 aliphatic rings. The number of rotatable bonds is 4. The van der Waals surface area contributed by atoms with Gasteiger partial charge in [-0.3, -0.25) is 0 Å². The first-order chi connectivity index (χ1) is 12.4. The van der Waals surface area contributed by atoms with Crippen molar-refractivity contribution in [3.63, 3.8) is 0 Å². The first-order valence-corrected chi connectivity index (χ1v) is 9.59. The Hall–Kier alpha value is -1.85. The zero-order valence-electron chi connectivity index (χ0n) is 14.8. The molecule has 3 heterocycles. The number of pyridine rings is 1. The molecule has 0 spiro atoms. The Labute approximate surface area is 149 Å². The number of aliphatic hydroxyl groups excluding tert-OH is 1. The smallest absolute Gasteiger partial charge is 0.136 e. The average Bonchev–Trinajstić information content (AvgIpc) is 2.68. The van der Waals surface area contributed by atoms with Crippen LogP contribution in [0.25, 0.3) is 10.8 Å². The Kier molecular flexibility index (Phi) is 5.04. The molecule has 1 unspecified atom stereocenters. The van der Waals surface area contributed by atoms with Crippen molar-refractivity contribution in [3.8, 4) is 0 Å². The summed E-state index contributed by atoms with van der Waals surface area (Å²) in [7, 11) is 0. The molecule has 134 valence electrons. The maximum Gasteiger partial charge on any atom is 0.136 e. The number of aromatic nitrogens is 1. The molecule has 0 aliphatic carbocycles. The third-order valence-electron chi connectivity index (χ3n) is 5.58. The SMILES string of the molecule is OCCC1CCCCN1c1nccc2c(N3CCNCC3)cccc12. The van der Waals surface area contributed by atoms with Gasteiger partial charge in [0.25, 0.3) is 0 Å². The molecule has 0 bridgehead atoms. The predicted molar refractivity (Wildman–Crippen MR) is 104 cm³/mol. The van der Waals surface area contributed by atoms with Gasteiger partial charge >= 0.3 is 0 Å². The van der Waals surface area contributed by atoms with Crippen molar-refractivity contribution in [1.82, 2.24) is 10.3 Å². The lowest BCUT2D eigenvalue weighted by Crippen LogP contribution is -2.43. The molecule has 25 heavy (non-hydrogen) atoms. The monoisotopic (exact) mass is 340 g/mol. The number of benzene rings is 1. The molecule has 0 amide bonds. The van der Waals surface area contributed by atoms with E-state index in [1.807, 2.05) is 6.20 Å². The molecule has 0 saturated carbocycles. The van der Waals surface area contributed by atoms with Gasteiger partial charge in [0.15, 0.2) is 0 Å². The van der Waals surface area contributed by atoms with Gasteiger partial charge in [0.1, 0.15) is 5.82 Å². The van der Waals surface area contributed by atoms with Gasteiger partial charge < -0.3 is 20.2 Å². The number of fused-ring (bicyclic) bond motifs is 1. The van der Waals surface area contributed by atoms with E-state index in [2.05, 4.69) is 39.4 Å². The molecule has 5 heteroatoms. The second-order valence-electron chi connectivity index (χ2n) is 7.10. The second kappa shape index (κ2) is 7.58. The van der Waals surface area contributed by atoms with E-state index in [1.54, 1.807) is 0 Å². The maximum absolute atomic E-state index is 9.45. The lowest BCUT2D eigenvalue weighted by Gasteiger charge is -2.37. The first-order valence-electron chi connectivity index (χ1n) is 9.59. The van der Waals surface area contributed by atoms with Crippen molar-refractivity contribution in [2.24, 2.45) is 0 Å². The largest absolute Gasteiger partial charge is 0.396 e. The summed E-state index contributed by atoms with van der Waals surface area (Å²) in [5.74, 6) is 1.09. The summed E-state index contributed by atoms with van der Waals surface area (Å²) < 4.78 is 0. The highest BCUT2D eigenvalue weighted by molar-refractivity contribution is 6.00. The number of piperazine rings is 1. The Bertz CT molecular complexity index is 712. The van der Waals surface area contributed by atoms with Gasteiger partial charge in [-0.15, -0.1) is 0 Å². The summed E-state index contributed by atoms with van der Waals surface area (Å²) in [6.07, 6.45) is 6.38. The quantitative estimate of drug-likeness (QED) is 0.895. The molecule has 2 fully saturated rings. The van der Waals surface area contributed by atoms with E-state index in [0.29, 0.717) is 6.04 Å². The highest BCUT2D eigenvalue weighted by Crippen LogP contribution is 2.35. The van der Waals surface area contributed by atoms with E-state index < -0.39 is 0 Å². The Morgan fingerprint density at radius 3 is 2.80 bits per heavy atom. The van der Waals surface area contributed by atoms with Gasteiger partial charge in [0.2, 0.25) is 0 Å². The van der Waals surface area contributed by atoms with E-state index in [0.717, 1.165) is 51.4 Å². The molecule has 0 radical (unpaired) electrons. The number of piperidine rings is 1. The number of hydrogen-bond acceptors (Lipinski definition) is 5. The number of anilines is 2. The van der Waals surface area contributed by atoms with Crippen molar-refractivity contribution in [3.05, 3.63) is 30.5 Å². The highest BCUT2D eigenvalue weighted by Gasteiger charge is 2.25.